The van der Waals surface area contributed by atoms with Crippen molar-refractivity contribution in [3.8, 4) is 0 Å². The molecule has 22 heavy (non-hydrogen) atoms. The van der Waals surface area contributed by atoms with Crippen LogP contribution in [0.1, 0.15) is 6.92 Å². The molecule has 0 saturated carbocycles. The fraction of sp³-hybridized carbons (Fsp3) is 1.00. The van der Waals surface area contributed by atoms with Gasteiger partial charge in [0.25, 0.3) is 0 Å². The molecule has 130 valence electrons. The van der Waals surface area contributed by atoms with Gasteiger partial charge >= 0.3 is 0 Å². The van der Waals surface area contributed by atoms with Gasteiger partial charge in [-0.3, -0.25) is 0 Å². The fourth-order valence-corrected chi connectivity index (χ4v) is 2.56. The number of nitrogens with two attached hydrogens (primary N) is 1. The van der Waals surface area contributed by atoms with Crippen LogP contribution < -0.4 is 5.73 Å². The van der Waals surface area contributed by atoms with E-state index in [1.807, 2.05) is 0 Å². The maximum Gasteiger partial charge on any atom is 0.187 e. The molecule has 2 saturated heterocycles. The van der Waals surface area contributed by atoms with E-state index in [1.54, 1.807) is 0 Å². The minimum absolute atomic E-state index is 0.539. The van der Waals surface area contributed by atoms with E-state index in [2.05, 4.69) is 0 Å². The summed E-state index contributed by atoms with van der Waals surface area (Å²) in [5.41, 5.74) is 5.76. The van der Waals surface area contributed by atoms with Crippen molar-refractivity contribution in [3.05, 3.63) is 0 Å². The van der Waals surface area contributed by atoms with Gasteiger partial charge < -0.3 is 50.6 Å². The Morgan fingerprint density at radius 1 is 0.955 bits per heavy atom. The summed E-state index contributed by atoms with van der Waals surface area (Å²) in [6.07, 6.45) is -11.7. The van der Waals surface area contributed by atoms with Crippen LogP contribution in [0.4, 0.5) is 0 Å². The number of ether oxygens (including phenoxy) is 3. The Morgan fingerprint density at radius 2 is 1.59 bits per heavy atom. The molecule has 0 bridgehead atoms. The third kappa shape index (κ3) is 3.26. The predicted molar refractivity (Wildman–Crippen MR) is 69.2 cm³/mol. The Morgan fingerprint density at radius 3 is 2.18 bits per heavy atom. The van der Waals surface area contributed by atoms with Crippen LogP contribution in [0.25, 0.3) is 0 Å². The molecule has 2 fully saturated rings. The minimum atomic E-state index is -1.57. The van der Waals surface area contributed by atoms with Gasteiger partial charge in [0.05, 0.1) is 18.8 Å². The number of aliphatic hydroxyl groups is 6. The van der Waals surface area contributed by atoms with Gasteiger partial charge in [0.2, 0.25) is 0 Å². The quantitative estimate of drug-likeness (QED) is 0.268. The summed E-state index contributed by atoms with van der Waals surface area (Å²) in [7, 11) is 0. The summed E-state index contributed by atoms with van der Waals surface area (Å²) in [6, 6.07) is -1.11. The number of hydrogen-bond donors (Lipinski definition) is 7. The zero-order chi connectivity index (χ0) is 16.6. The zero-order valence-corrected chi connectivity index (χ0v) is 12.0. The maximum absolute atomic E-state index is 9.87. The Bertz CT molecular complexity index is 373. The van der Waals surface area contributed by atoms with Crippen molar-refractivity contribution in [1.29, 1.82) is 0 Å². The van der Waals surface area contributed by atoms with E-state index in [0.717, 1.165) is 0 Å². The van der Waals surface area contributed by atoms with E-state index in [4.69, 9.17) is 25.1 Å². The Hall–Kier alpha value is -0.400. The van der Waals surface area contributed by atoms with Crippen molar-refractivity contribution in [1.82, 2.24) is 0 Å². The first-order valence-corrected chi connectivity index (χ1v) is 7.01. The van der Waals surface area contributed by atoms with Crippen LogP contribution in [-0.4, -0.2) is 98.6 Å². The van der Waals surface area contributed by atoms with Gasteiger partial charge in [-0.2, -0.15) is 0 Å². The van der Waals surface area contributed by atoms with Crippen LogP contribution in [0, 0.1) is 0 Å². The fourth-order valence-electron chi connectivity index (χ4n) is 2.56. The monoisotopic (exact) mass is 325 g/mol. The van der Waals surface area contributed by atoms with Gasteiger partial charge in [-0.1, -0.05) is 0 Å². The summed E-state index contributed by atoms with van der Waals surface area (Å²) in [6.45, 7) is 0.934. The molecular formula is C12H23NO9. The van der Waals surface area contributed by atoms with E-state index < -0.39 is 68.0 Å². The molecule has 0 aromatic heterocycles. The molecule has 10 nitrogen and oxygen atoms in total. The average Bonchev–Trinajstić information content (AvgIpc) is 2.49. The zero-order valence-electron chi connectivity index (χ0n) is 12.0. The van der Waals surface area contributed by atoms with Crippen molar-refractivity contribution in [2.75, 3.05) is 6.61 Å². The number of aliphatic hydroxyl groups excluding tert-OH is 6. The van der Waals surface area contributed by atoms with Crippen molar-refractivity contribution in [3.63, 3.8) is 0 Å². The molecular weight excluding hydrogens is 302 g/mol. The lowest BCUT2D eigenvalue weighted by molar-refractivity contribution is -0.344. The van der Waals surface area contributed by atoms with Gasteiger partial charge in [-0.25, -0.2) is 0 Å². The highest BCUT2D eigenvalue weighted by Crippen LogP contribution is 2.27. The molecule has 0 spiro atoms. The SMILES string of the molecule is C[C@@H]1O[C@@H](O[C@@H]2[C@@H](N)[C@@H](O)[C@@H](CO)O[C@H]2O)[C@@H](O)[C@H](O)[C@@H]1O. The molecule has 8 N–H and O–H groups in total. The van der Waals surface area contributed by atoms with Crippen LogP contribution in [0.15, 0.2) is 0 Å². The third-order valence-electron chi connectivity index (χ3n) is 4.03. The average molecular weight is 325 g/mol. The smallest absolute Gasteiger partial charge is 0.187 e. The van der Waals surface area contributed by atoms with Gasteiger partial charge in [-0.15, -0.1) is 0 Å². The molecule has 10 heteroatoms. The van der Waals surface area contributed by atoms with Gasteiger partial charge in [0.15, 0.2) is 12.6 Å². The lowest BCUT2D eigenvalue weighted by Gasteiger charge is -2.45. The van der Waals surface area contributed by atoms with E-state index >= 15 is 0 Å². The number of hydrogen-bond acceptors (Lipinski definition) is 10. The highest BCUT2D eigenvalue weighted by molar-refractivity contribution is 4.94. The highest BCUT2D eigenvalue weighted by Gasteiger charge is 2.48. The molecule has 0 unspecified atom stereocenters. The van der Waals surface area contributed by atoms with Crippen LogP contribution in [0.2, 0.25) is 0 Å². The second-order valence-corrected chi connectivity index (χ2v) is 5.60. The van der Waals surface area contributed by atoms with Crippen LogP contribution >= 0.6 is 0 Å². The first-order valence-electron chi connectivity index (χ1n) is 7.01. The molecule has 0 aliphatic carbocycles. The van der Waals surface area contributed by atoms with E-state index in [1.165, 1.54) is 6.92 Å². The van der Waals surface area contributed by atoms with E-state index in [9.17, 15) is 25.5 Å². The van der Waals surface area contributed by atoms with E-state index in [0.29, 0.717) is 0 Å². The molecule has 0 aromatic rings. The molecule has 2 aliphatic heterocycles. The summed E-state index contributed by atoms with van der Waals surface area (Å²) in [5, 5.41) is 57.9. The molecule has 10 atom stereocenters. The second kappa shape index (κ2) is 7.01. The lowest BCUT2D eigenvalue weighted by atomic mass is 9.96. The molecule has 2 aliphatic rings. The summed E-state index contributed by atoms with van der Waals surface area (Å²) < 4.78 is 15.6. The third-order valence-corrected chi connectivity index (χ3v) is 4.03. The summed E-state index contributed by atoms with van der Waals surface area (Å²) in [4.78, 5) is 0. The normalized spacial score (nSPS) is 53.5. The molecule has 2 rings (SSSR count). The van der Waals surface area contributed by atoms with Crippen LogP contribution in [0.3, 0.4) is 0 Å². The van der Waals surface area contributed by atoms with Crippen molar-refractivity contribution in [2.24, 2.45) is 5.73 Å². The highest BCUT2D eigenvalue weighted by atomic mass is 16.7. The van der Waals surface area contributed by atoms with E-state index in [-0.39, 0.29) is 0 Å². The molecule has 2 heterocycles. The van der Waals surface area contributed by atoms with Gasteiger partial charge in [0, 0.05) is 0 Å². The van der Waals surface area contributed by atoms with Gasteiger partial charge in [0.1, 0.15) is 36.6 Å². The largest absolute Gasteiger partial charge is 0.394 e. The predicted octanol–water partition coefficient (Wildman–Crippen LogP) is -4.40. The van der Waals surface area contributed by atoms with Crippen LogP contribution in [0.5, 0.6) is 0 Å². The standard InChI is InChI=1S/C12H23NO9/c1-3-6(15)8(17)9(18)12(20-3)22-10-5(13)7(16)4(2-14)21-11(10)19/h3-12,14-19H,2,13H2,1H3/t3-,4+,5-,6+,7-,8+,9-,10+,11+,12-/m0/s1. The van der Waals surface area contributed by atoms with Crippen LogP contribution in [-0.2, 0) is 14.2 Å². The van der Waals surface area contributed by atoms with Gasteiger partial charge in [-0.05, 0) is 6.92 Å². The summed E-state index contributed by atoms with van der Waals surface area (Å²) in [5.74, 6) is 0. The topological polar surface area (TPSA) is 175 Å². The summed E-state index contributed by atoms with van der Waals surface area (Å²) >= 11 is 0. The molecule has 0 aromatic carbocycles. The Kier molecular flexibility index (Phi) is 5.72. The van der Waals surface area contributed by atoms with Crippen molar-refractivity contribution < 1.29 is 44.8 Å². The second-order valence-electron chi connectivity index (χ2n) is 5.60. The van der Waals surface area contributed by atoms with Crippen molar-refractivity contribution in [2.45, 2.75) is 68.3 Å². The number of rotatable bonds is 3. The Labute approximate surface area is 126 Å². The molecule has 0 radical (unpaired) electrons. The molecule has 0 amide bonds. The maximum atomic E-state index is 9.87. The minimum Gasteiger partial charge on any atom is -0.394 e. The lowest BCUT2D eigenvalue weighted by Crippen LogP contribution is -2.65. The Balaban J connectivity index is 2.06. The van der Waals surface area contributed by atoms with Crippen molar-refractivity contribution >= 4 is 0 Å². The first kappa shape index (κ1) is 17.9. The first-order chi connectivity index (χ1) is 10.3.